The Labute approximate surface area is 182 Å². The lowest BCUT2D eigenvalue weighted by molar-refractivity contribution is 0.0497. The number of carbonyl (C=O) groups is 1. The summed E-state index contributed by atoms with van der Waals surface area (Å²) in [6.07, 6.45) is 1.02. The van der Waals surface area contributed by atoms with Crippen molar-refractivity contribution in [2.24, 2.45) is 5.92 Å². The van der Waals surface area contributed by atoms with Crippen molar-refractivity contribution < 1.29 is 18.0 Å². The van der Waals surface area contributed by atoms with Gasteiger partial charge in [0.05, 0.1) is 16.9 Å². The molecule has 0 spiro atoms. The Balaban J connectivity index is 1.76. The van der Waals surface area contributed by atoms with Crippen molar-refractivity contribution in [1.29, 1.82) is 0 Å². The van der Waals surface area contributed by atoms with Crippen LogP contribution in [0.1, 0.15) is 30.6 Å². The van der Waals surface area contributed by atoms with Gasteiger partial charge in [0.15, 0.2) is 11.6 Å². The van der Waals surface area contributed by atoms with Crippen LogP contribution in [-0.4, -0.2) is 36.5 Å². The SMILES string of the molecule is CCC(C)NCC1CN(C(=O)c2ccc(F)c(F)c2Nc2ccc(I)cc2F)C1. The molecule has 1 atom stereocenters. The number of hydrogen-bond donors (Lipinski definition) is 2. The van der Waals surface area contributed by atoms with Gasteiger partial charge in [-0.3, -0.25) is 4.79 Å². The minimum Gasteiger partial charge on any atom is -0.350 e. The fourth-order valence-corrected chi connectivity index (χ4v) is 3.58. The maximum atomic E-state index is 14.5. The average Bonchev–Trinajstić information content (AvgIpc) is 2.65. The summed E-state index contributed by atoms with van der Waals surface area (Å²) in [5.41, 5.74) is -0.394. The van der Waals surface area contributed by atoms with Crippen LogP contribution in [0.25, 0.3) is 0 Å². The second-order valence-corrected chi connectivity index (χ2v) is 8.57. The van der Waals surface area contributed by atoms with Gasteiger partial charge in [-0.2, -0.15) is 0 Å². The number of hydrogen-bond acceptors (Lipinski definition) is 3. The van der Waals surface area contributed by atoms with E-state index in [-0.39, 0.29) is 16.9 Å². The lowest BCUT2D eigenvalue weighted by Crippen LogP contribution is -2.54. The molecule has 1 aliphatic heterocycles. The number of likely N-dealkylation sites (tertiary alicyclic amines) is 1. The van der Waals surface area contributed by atoms with Gasteiger partial charge in [-0.15, -0.1) is 0 Å². The number of benzene rings is 2. The molecule has 4 nitrogen and oxygen atoms in total. The quantitative estimate of drug-likeness (QED) is 0.514. The lowest BCUT2D eigenvalue weighted by atomic mass is 9.97. The molecule has 0 aliphatic carbocycles. The van der Waals surface area contributed by atoms with Crippen LogP contribution in [0.2, 0.25) is 0 Å². The number of carbonyl (C=O) groups excluding carboxylic acids is 1. The third kappa shape index (κ3) is 5.03. The van der Waals surface area contributed by atoms with Crippen molar-refractivity contribution >= 4 is 39.9 Å². The molecule has 2 aromatic rings. The molecule has 0 radical (unpaired) electrons. The van der Waals surface area contributed by atoms with Crippen LogP contribution in [0.15, 0.2) is 30.3 Å². The molecule has 1 unspecified atom stereocenters. The molecule has 2 N–H and O–H groups in total. The predicted molar refractivity (Wildman–Crippen MR) is 116 cm³/mol. The summed E-state index contributed by atoms with van der Waals surface area (Å²) in [6.45, 7) is 6.08. The molecule has 1 heterocycles. The van der Waals surface area contributed by atoms with Gasteiger partial charge in [-0.25, -0.2) is 13.2 Å². The van der Waals surface area contributed by atoms with E-state index in [1.807, 2.05) is 22.6 Å². The van der Waals surface area contributed by atoms with Crippen molar-refractivity contribution in [2.45, 2.75) is 26.3 Å². The number of rotatable bonds is 7. The first kappa shape index (κ1) is 21.9. The van der Waals surface area contributed by atoms with Gasteiger partial charge >= 0.3 is 0 Å². The number of nitrogens with zero attached hydrogens (tertiary/aromatic N) is 1. The minimum atomic E-state index is -1.20. The number of halogens is 4. The van der Waals surface area contributed by atoms with Gasteiger partial charge in [0.2, 0.25) is 0 Å². The van der Waals surface area contributed by atoms with Gasteiger partial charge in [0.25, 0.3) is 5.91 Å². The molecule has 0 saturated carbocycles. The Morgan fingerprint density at radius 2 is 1.93 bits per heavy atom. The zero-order valence-corrected chi connectivity index (χ0v) is 18.4. The fraction of sp³-hybridized carbons (Fsp3) is 0.381. The van der Waals surface area contributed by atoms with E-state index in [0.717, 1.165) is 19.0 Å². The minimum absolute atomic E-state index is 0.0183. The van der Waals surface area contributed by atoms with E-state index in [1.165, 1.54) is 18.2 Å². The average molecular weight is 517 g/mol. The molecule has 156 valence electrons. The van der Waals surface area contributed by atoms with E-state index < -0.39 is 23.4 Å². The van der Waals surface area contributed by atoms with E-state index in [9.17, 15) is 18.0 Å². The van der Waals surface area contributed by atoms with Gasteiger partial charge < -0.3 is 15.5 Å². The Morgan fingerprint density at radius 1 is 1.21 bits per heavy atom. The molecule has 1 aliphatic rings. The van der Waals surface area contributed by atoms with E-state index in [1.54, 1.807) is 11.0 Å². The highest BCUT2D eigenvalue weighted by atomic mass is 127. The van der Waals surface area contributed by atoms with Crippen LogP contribution in [-0.2, 0) is 0 Å². The second kappa shape index (κ2) is 9.34. The molecule has 8 heteroatoms. The van der Waals surface area contributed by atoms with Gasteiger partial charge in [0, 0.05) is 35.2 Å². The van der Waals surface area contributed by atoms with Gasteiger partial charge in [-0.1, -0.05) is 6.92 Å². The molecule has 0 aromatic heterocycles. The largest absolute Gasteiger partial charge is 0.350 e. The molecular weight excluding hydrogens is 494 g/mol. The van der Waals surface area contributed by atoms with E-state index in [0.29, 0.717) is 28.6 Å². The molecule has 3 rings (SSSR count). The third-order valence-electron chi connectivity index (χ3n) is 5.13. The molecule has 1 fully saturated rings. The highest BCUT2D eigenvalue weighted by molar-refractivity contribution is 14.1. The van der Waals surface area contributed by atoms with Crippen LogP contribution in [0.3, 0.4) is 0 Å². The number of nitrogens with one attached hydrogen (secondary N) is 2. The molecule has 1 amide bonds. The molecule has 2 aromatic carbocycles. The Hall–Kier alpha value is -1.81. The third-order valence-corrected chi connectivity index (χ3v) is 5.80. The van der Waals surface area contributed by atoms with Crippen LogP contribution in [0.5, 0.6) is 0 Å². The summed E-state index contributed by atoms with van der Waals surface area (Å²) < 4.78 is 43.2. The normalized spacial score (nSPS) is 15.2. The maximum absolute atomic E-state index is 14.5. The summed E-state index contributed by atoms with van der Waals surface area (Å²) in [7, 11) is 0. The van der Waals surface area contributed by atoms with Crippen LogP contribution in [0, 0.1) is 26.9 Å². The second-order valence-electron chi connectivity index (χ2n) is 7.33. The van der Waals surface area contributed by atoms with Gasteiger partial charge in [0.1, 0.15) is 5.82 Å². The monoisotopic (exact) mass is 517 g/mol. The highest BCUT2D eigenvalue weighted by Crippen LogP contribution is 2.30. The van der Waals surface area contributed by atoms with Crippen molar-refractivity contribution in [2.75, 3.05) is 25.0 Å². The smallest absolute Gasteiger partial charge is 0.256 e. The van der Waals surface area contributed by atoms with Crippen LogP contribution < -0.4 is 10.6 Å². The lowest BCUT2D eigenvalue weighted by Gasteiger charge is -2.40. The van der Waals surface area contributed by atoms with Crippen LogP contribution >= 0.6 is 22.6 Å². The molecule has 0 bridgehead atoms. The number of amides is 1. The predicted octanol–water partition coefficient (Wildman–Crippen LogP) is 4.91. The Bertz CT molecular complexity index is 903. The Morgan fingerprint density at radius 3 is 2.59 bits per heavy atom. The first-order chi connectivity index (χ1) is 13.8. The van der Waals surface area contributed by atoms with Crippen molar-refractivity contribution in [3.05, 3.63) is 56.9 Å². The van der Waals surface area contributed by atoms with Crippen molar-refractivity contribution in [1.82, 2.24) is 10.2 Å². The zero-order chi connectivity index (χ0) is 21.1. The van der Waals surface area contributed by atoms with Crippen LogP contribution in [0.4, 0.5) is 24.5 Å². The van der Waals surface area contributed by atoms with E-state index in [2.05, 4.69) is 24.5 Å². The summed E-state index contributed by atoms with van der Waals surface area (Å²) in [5.74, 6) is -3.00. The summed E-state index contributed by atoms with van der Waals surface area (Å²) in [4.78, 5) is 14.5. The fourth-order valence-electron chi connectivity index (χ4n) is 3.12. The maximum Gasteiger partial charge on any atom is 0.256 e. The molecule has 1 saturated heterocycles. The highest BCUT2D eigenvalue weighted by Gasteiger charge is 2.33. The van der Waals surface area contributed by atoms with E-state index in [4.69, 9.17) is 0 Å². The van der Waals surface area contributed by atoms with E-state index >= 15 is 0 Å². The summed E-state index contributed by atoms with van der Waals surface area (Å²) in [6, 6.07) is 6.89. The summed E-state index contributed by atoms with van der Waals surface area (Å²) in [5, 5.41) is 5.97. The van der Waals surface area contributed by atoms with Gasteiger partial charge in [-0.05, 0) is 66.3 Å². The van der Waals surface area contributed by atoms with Crippen molar-refractivity contribution in [3.63, 3.8) is 0 Å². The first-order valence-corrected chi connectivity index (χ1v) is 10.6. The summed E-state index contributed by atoms with van der Waals surface area (Å²) >= 11 is 1.95. The van der Waals surface area contributed by atoms with Crippen molar-refractivity contribution in [3.8, 4) is 0 Å². The Kier molecular flexibility index (Phi) is 7.05. The standard InChI is InChI=1S/C21H23F3IN3O/c1-3-12(2)26-9-13-10-28(11-13)21(29)15-5-6-16(22)19(24)20(15)27-18-7-4-14(25)8-17(18)23/h4-8,12-13,26-27H,3,9-11H2,1-2H3. The zero-order valence-electron chi connectivity index (χ0n) is 16.2. The topological polar surface area (TPSA) is 44.4 Å². The molecule has 29 heavy (non-hydrogen) atoms. The first-order valence-electron chi connectivity index (χ1n) is 9.52. The molecular formula is C21H23F3IN3O. The number of anilines is 2.